The Balaban J connectivity index is 1.99. The van der Waals surface area contributed by atoms with Crippen molar-refractivity contribution in [2.24, 2.45) is 5.41 Å². The lowest BCUT2D eigenvalue weighted by atomic mass is 9.76. The molecule has 0 atom stereocenters. The Morgan fingerprint density at radius 3 is 2.60 bits per heavy atom. The highest BCUT2D eigenvalue weighted by atomic mass is 16.5. The summed E-state index contributed by atoms with van der Waals surface area (Å²) in [6.45, 7) is 6.79. The van der Waals surface area contributed by atoms with Crippen molar-refractivity contribution in [3.63, 3.8) is 0 Å². The number of rotatable bonds is 6. The number of ether oxygens (including phenoxy) is 1. The van der Waals surface area contributed by atoms with Crippen LogP contribution in [0.5, 0.6) is 5.75 Å². The summed E-state index contributed by atoms with van der Waals surface area (Å²) in [5.41, 5.74) is 1.76. The molecule has 0 bridgehead atoms. The normalized spacial score (nSPS) is 18.2. The molecule has 1 N–H and O–H groups in total. The van der Waals surface area contributed by atoms with Gasteiger partial charge in [0, 0.05) is 18.7 Å². The molecule has 3 nitrogen and oxygen atoms in total. The molecule has 3 heteroatoms. The lowest BCUT2D eigenvalue weighted by Crippen LogP contribution is -2.43. The van der Waals surface area contributed by atoms with E-state index < -0.39 is 0 Å². The molecule has 20 heavy (non-hydrogen) atoms. The first kappa shape index (κ1) is 15.3. The summed E-state index contributed by atoms with van der Waals surface area (Å²) in [7, 11) is 3.98. The monoisotopic (exact) mass is 276 g/mol. The number of nitrogens with zero attached hydrogens (tertiary/aromatic N) is 1. The molecule has 0 amide bonds. The van der Waals surface area contributed by atoms with Crippen molar-refractivity contribution in [1.82, 2.24) is 10.2 Å². The predicted molar refractivity (Wildman–Crippen MR) is 84.2 cm³/mol. The zero-order valence-corrected chi connectivity index (χ0v) is 13.1. The molecular formula is C17H28N2O. The standard InChI is InChI=1S/C17H28N2O/c1-4-17(9-11-18-12-10-17)14-19(2)13-15-7-5-6-8-16(15)20-3/h5-8,18H,4,9-14H2,1-3H3. The van der Waals surface area contributed by atoms with Crippen LogP contribution in [0.1, 0.15) is 31.7 Å². The van der Waals surface area contributed by atoms with E-state index in [2.05, 4.69) is 36.3 Å². The van der Waals surface area contributed by atoms with Gasteiger partial charge in [0.05, 0.1) is 7.11 Å². The number of hydrogen-bond donors (Lipinski definition) is 1. The zero-order valence-electron chi connectivity index (χ0n) is 13.1. The van der Waals surface area contributed by atoms with Gasteiger partial charge in [-0.2, -0.15) is 0 Å². The van der Waals surface area contributed by atoms with Gasteiger partial charge in [0.15, 0.2) is 0 Å². The second kappa shape index (κ2) is 7.09. The van der Waals surface area contributed by atoms with Crippen LogP contribution in [0.25, 0.3) is 0 Å². The average molecular weight is 276 g/mol. The molecule has 0 spiro atoms. The third-order valence-corrected chi connectivity index (χ3v) is 4.65. The van der Waals surface area contributed by atoms with Crippen molar-refractivity contribution in [2.75, 3.05) is 33.8 Å². The van der Waals surface area contributed by atoms with Crippen molar-refractivity contribution in [3.05, 3.63) is 29.8 Å². The minimum atomic E-state index is 0.488. The molecule has 0 radical (unpaired) electrons. The van der Waals surface area contributed by atoms with Gasteiger partial charge in [-0.1, -0.05) is 25.1 Å². The summed E-state index contributed by atoms with van der Waals surface area (Å²) < 4.78 is 5.45. The maximum atomic E-state index is 5.45. The topological polar surface area (TPSA) is 24.5 Å². The molecular weight excluding hydrogens is 248 g/mol. The van der Waals surface area contributed by atoms with E-state index in [9.17, 15) is 0 Å². The summed E-state index contributed by atoms with van der Waals surface area (Å²) in [6.07, 6.45) is 3.85. The van der Waals surface area contributed by atoms with Crippen molar-refractivity contribution in [3.8, 4) is 5.75 Å². The molecule has 2 rings (SSSR count). The molecule has 0 aromatic heterocycles. The van der Waals surface area contributed by atoms with E-state index in [1.54, 1.807) is 7.11 Å². The Morgan fingerprint density at radius 1 is 1.25 bits per heavy atom. The first-order valence-corrected chi connectivity index (χ1v) is 7.70. The molecule has 1 fully saturated rings. The molecule has 1 aliphatic rings. The van der Waals surface area contributed by atoms with E-state index in [1.807, 2.05) is 12.1 Å². The fourth-order valence-electron chi connectivity index (χ4n) is 3.33. The SMILES string of the molecule is CCC1(CN(C)Cc2ccccc2OC)CCNCC1. The van der Waals surface area contributed by atoms with Crippen molar-refractivity contribution in [2.45, 2.75) is 32.7 Å². The third-order valence-electron chi connectivity index (χ3n) is 4.65. The predicted octanol–water partition coefficient (Wildman–Crippen LogP) is 2.91. The van der Waals surface area contributed by atoms with Gasteiger partial charge in [-0.3, -0.25) is 0 Å². The number of nitrogens with one attached hydrogen (secondary N) is 1. The van der Waals surface area contributed by atoms with Gasteiger partial charge in [0.1, 0.15) is 5.75 Å². The van der Waals surface area contributed by atoms with Crippen molar-refractivity contribution >= 4 is 0 Å². The van der Waals surface area contributed by atoms with Crippen LogP contribution in [0.2, 0.25) is 0 Å². The van der Waals surface area contributed by atoms with Gasteiger partial charge >= 0.3 is 0 Å². The molecule has 1 aromatic carbocycles. The molecule has 112 valence electrons. The van der Waals surface area contributed by atoms with E-state index in [4.69, 9.17) is 4.74 Å². The minimum absolute atomic E-state index is 0.488. The molecule has 1 aliphatic heterocycles. The number of methoxy groups -OCH3 is 1. The van der Waals surface area contributed by atoms with E-state index in [0.29, 0.717) is 5.41 Å². The van der Waals surface area contributed by atoms with E-state index in [-0.39, 0.29) is 0 Å². The summed E-state index contributed by atoms with van der Waals surface area (Å²) in [5, 5.41) is 3.48. The first-order valence-electron chi connectivity index (χ1n) is 7.70. The van der Waals surface area contributed by atoms with Crippen LogP contribution < -0.4 is 10.1 Å². The van der Waals surface area contributed by atoms with E-state index in [0.717, 1.165) is 25.4 Å². The van der Waals surface area contributed by atoms with Crippen LogP contribution in [0.15, 0.2) is 24.3 Å². The Morgan fingerprint density at radius 2 is 1.95 bits per heavy atom. The largest absolute Gasteiger partial charge is 0.496 e. The van der Waals surface area contributed by atoms with Gasteiger partial charge in [0.25, 0.3) is 0 Å². The average Bonchev–Trinajstić information content (AvgIpc) is 2.48. The lowest BCUT2D eigenvalue weighted by Gasteiger charge is -2.40. The molecule has 1 heterocycles. The Labute approximate surface area is 123 Å². The molecule has 1 aromatic rings. The van der Waals surface area contributed by atoms with Crippen LogP contribution in [0, 0.1) is 5.41 Å². The summed E-state index contributed by atoms with van der Waals surface area (Å²) in [5.74, 6) is 0.996. The van der Waals surface area contributed by atoms with Gasteiger partial charge in [-0.25, -0.2) is 0 Å². The lowest BCUT2D eigenvalue weighted by molar-refractivity contribution is 0.118. The van der Waals surface area contributed by atoms with Crippen LogP contribution in [0.3, 0.4) is 0 Å². The molecule has 0 aliphatic carbocycles. The Hall–Kier alpha value is -1.06. The molecule has 1 saturated heterocycles. The smallest absolute Gasteiger partial charge is 0.123 e. The Kier molecular flexibility index (Phi) is 5.44. The first-order chi connectivity index (χ1) is 9.69. The fourth-order valence-corrected chi connectivity index (χ4v) is 3.33. The maximum absolute atomic E-state index is 5.45. The quantitative estimate of drug-likeness (QED) is 0.864. The van der Waals surface area contributed by atoms with Gasteiger partial charge in [-0.15, -0.1) is 0 Å². The zero-order chi connectivity index (χ0) is 14.4. The summed E-state index contributed by atoms with van der Waals surface area (Å²) in [6, 6.07) is 8.33. The van der Waals surface area contributed by atoms with Crippen molar-refractivity contribution < 1.29 is 4.74 Å². The van der Waals surface area contributed by atoms with Gasteiger partial charge < -0.3 is 15.0 Å². The highest BCUT2D eigenvalue weighted by Crippen LogP contribution is 2.33. The third kappa shape index (κ3) is 3.74. The second-order valence-electron chi connectivity index (χ2n) is 6.09. The highest BCUT2D eigenvalue weighted by molar-refractivity contribution is 5.33. The Bertz CT molecular complexity index is 413. The van der Waals surface area contributed by atoms with Crippen LogP contribution in [-0.2, 0) is 6.54 Å². The maximum Gasteiger partial charge on any atom is 0.123 e. The number of piperidine rings is 1. The summed E-state index contributed by atoms with van der Waals surface area (Å²) in [4.78, 5) is 2.45. The van der Waals surface area contributed by atoms with E-state index >= 15 is 0 Å². The van der Waals surface area contributed by atoms with E-state index in [1.165, 1.54) is 31.4 Å². The second-order valence-corrected chi connectivity index (χ2v) is 6.09. The number of benzene rings is 1. The summed E-state index contributed by atoms with van der Waals surface area (Å²) >= 11 is 0. The van der Waals surface area contributed by atoms with Crippen LogP contribution in [-0.4, -0.2) is 38.7 Å². The number of para-hydroxylation sites is 1. The van der Waals surface area contributed by atoms with Crippen LogP contribution >= 0.6 is 0 Å². The number of hydrogen-bond acceptors (Lipinski definition) is 3. The molecule has 0 saturated carbocycles. The van der Waals surface area contributed by atoms with Crippen molar-refractivity contribution in [1.29, 1.82) is 0 Å². The van der Waals surface area contributed by atoms with Gasteiger partial charge in [0.2, 0.25) is 0 Å². The fraction of sp³-hybridized carbons (Fsp3) is 0.647. The highest BCUT2D eigenvalue weighted by Gasteiger charge is 2.31. The van der Waals surface area contributed by atoms with Crippen LogP contribution in [0.4, 0.5) is 0 Å². The molecule has 0 unspecified atom stereocenters. The van der Waals surface area contributed by atoms with Gasteiger partial charge in [-0.05, 0) is 50.9 Å². The minimum Gasteiger partial charge on any atom is -0.496 e.